The molecule has 0 atom stereocenters. The fraction of sp³-hybridized carbons (Fsp3) is 0.200. The maximum atomic E-state index is 3.56. The molecule has 3 rings (SSSR count). The first-order valence-corrected chi connectivity index (χ1v) is 11.4. The van der Waals surface area contributed by atoms with E-state index in [4.69, 9.17) is 0 Å². The second-order valence-electron chi connectivity index (χ2n) is 7.51. The molecule has 0 fully saturated rings. The highest BCUT2D eigenvalue weighted by Gasteiger charge is 2.08. The molecule has 0 aliphatic rings. The Morgan fingerprint density at radius 2 is 1.45 bits per heavy atom. The predicted molar refractivity (Wildman–Crippen MR) is 140 cm³/mol. The van der Waals surface area contributed by atoms with Gasteiger partial charge in [0, 0.05) is 47.6 Å². The molecule has 2 nitrogen and oxygen atoms in total. The third-order valence-electron chi connectivity index (χ3n) is 4.88. The summed E-state index contributed by atoms with van der Waals surface area (Å²) >= 11 is 6.01. The highest BCUT2D eigenvalue weighted by atomic mass is 127. The van der Waals surface area contributed by atoms with Crippen molar-refractivity contribution in [3.8, 4) is 0 Å². The summed E-state index contributed by atoms with van der Waals surface area (Å²) in [6.07, 6.45) is 5.33. The largest absolute Gasteiger partial charge is 0.378 e. The zero-order valence-corrected chi connectivity index (χ0v) is 21.0. The van der Waals surface area contributed by atoms with Gasteiger partial charge in [-0.3, -0.25) is 0 Å². The minimum atomic E-state index is 0.915. The van der Waals surface area contributed by atoms with Crippen LogP contribution in [0.4, 0.5) is 11.4 Å². The molecular weight excluding hydrogens is 535 g/mol. The number of halogens is 2. The summed E-state index contributed by atoms with van der Waals surface area (Å²) in [7, 11) is 8.32. The summed E-state index contributed by atoms with van der Waals surface area (Å²) < 4.78 is 2.39. The number of nitrogens with zero attached hydrogens (tertiary/aromatic N) is 2. The lowest BCUT2D eigenvalue weighted by Gasteiger charge is -2.17. The van der Waals surface area contributed by atoms with Crippen LogP contribution in [-0.2, 0) is 6.42 Å². The summed E-state index contributed by atoms with van der Waals surface area (Å²) in [6, 6.07) is 21.8. The Hall–Kier alpha value is -1.79. The first-order valence-electron chi connectivity index (χ1n) is 9.53. The van der Waals surface area contributed by atoms with E-state index in [9.17, 15) is 0 Å². The molecule has 0 amide bonds. The molecule has 0 saturated carbocycles. The quantitative estimate of drug-likeness (QED) is 0.238. The van der Waals surface area contributed by atoms with Gasteiger partial charge in [-0.25, -0.2) is 0 Å². The average molecular weight is 561 g/mol. The van der Waals surface area contributed by atoms with Crippen LogP contribution < -0.4 is 9.80 Å². The fourth-order valence-corrected chi connectivity index (χ4v) is 4.24. The van der Waals surface area contributed by atoms with Crippen molar-refractivity contribution in [2.75, 3.05) is 38.0 Å². The third kappa shape index (κ3) is 5.86. The van der Waals surface area contributed by atoms with Gasteiger partial charge in [-0.05, 0) is 87.7 Å². The highest BCUT2D eigenvalue weighted by molar-refractivity contribution is 14.1. The van der Waals surface area contributed by atoms with Gasteiger partial charge in [0.25, 0.3) is 0 Å². The third-order valence-corrected chi connectivity index (χ3v) is 6.38. The fourth-order valence-electron chi connectivity index (χ4n) is 3.14. The molecule has 0 radical (unpaired) electrons. The van der Waals surface area contributed by atoms with E-state index < -0.39 is 0 Å². The second-order valence-corrected chi connectivity index (χ2v) is 9.59. The van der Waals surface area contributed by atoms with Crippen LogP contribution in [0, 0.1) is 3.57 Å². The zero-order valence-electron chi connectivity index (χ0n) is 17.3. The molecule has 0 N–H and O–H groups in total. The normalized spacial score (nSPS) is 11.1. The predicted octanol–water partition coefficient (Wildman–Crippen LogP) is 6.95. The lowest BCUT2D eigenvalue weighted by atomic mass is 9.98. The van der Waals surface area contributed by atoms with Crippen molar-refractivity contribution in [3.05, 3.63) is 91.0 Å². The van der Waals surface area contributed by atoms with Gasteiger partial charge in [0.1, 0.15) is 0 Å². The van der Waals surface area contributed by atoms with Crippen molar-refractivity contribution in [1.82, 2.24) is 0 Å². The van der Waals surface area contributed by atoms with Gasteiger partial charge in [0.15, 0.2) is 0 Å². The molecule has 0 aliphatic carbocycles. The second kappa shape index (κ2) is 9.81. The number of rotatable bonds is 6. The van der Waals surface area contributed by atoms with Crippen LogP contribution in [0.25, 0.3) is 12.2 Å². The van der Waals surface area contributed by atoms with E-state index in [1.807, 2.05) is 0 Å². The van der Waals surface area contributed by atoms with Gasteiger partial charge in [-0.15, -0.1) is 0 Å². The standard InChI is InChI=1S/C25H26BrIN2/c1-28(2)23-12-10-19(15-21-11-13-24(29(3)4)17-25(21)27)20(16-23)9-8-18-6-5-7-22(26)14-18/h5-14,16-17H,15H2,1-4H3/b9-8+. The maximum Gasteiger partial charge on any atom is 0.0371 e. The van der Waals surface area contributed by atoms with Crippen LogP contribution >= 0.6 is 38.5 Å². The Labute approximate surface area is 196 Å². The van der Waals surface area contributed by atoms with Crippen molar-refractivity contribution in [3.63, 3.8) is 0 Å². The van der Waals surface area contributed by atoms with Crippen LogP contribution in [0.5, 0.6) is 0 Å². The zero-order chi connectivity index (χ0) is 21.0. The molecule has 29 heavy (non-hydrogen) atoms. The first-order chi connectivity index (χ1) is 13.8. The summed E-state index contributed by atoms with van der Waals surface area (Å²) in [5, 5.41) is 0. The molecule has 150 valence electrons. The molecule has 0 heterocycles. The van der Waals surface area contributed by atoms with Gasteiger partial charge in [-0.2, -0.15) is 0 Å². The lowest BCUT2D eigenvalue weighted by molar-refractivity contribution is 1.10. The molecule has 3 aromatic rings. The topological polar surface area (TPSA) is 6.48 Å². The Morgan fingerprint density at radius 1 is 0.793 bits per heavy atom. The molecule has 0 unspecified atom stereocenters. The lowest BCUT2D eigenvalue weighted by Crippen LogP contribution is -2.10. The van der Waals surface area contributed by atoms with Crippen molar-refractivity contribution >= 4 is 62.0 Å². The van der Waals surface area contributed by atoms with Crippen LogP contribution in [-0.4, -0.2) is 28.2 Å². The average Bonchev–Trinajstić information content (AvgIpc) is 2.68. The van der Waals surface area contributed by atoms with E-state index in [1.54, 1.807) is 0 Å². The minimum Gasteiger partial charge on any atom is -0.378 e. The maximum absolute atomic E-state index is 3.56. The molecule has 0 aliphatic heterocycles. The van der Waals surface area contributed by atoms with Gasteiger partial charge >= 0.3 is 0 Å². The Kier molecular flexibility index (Phi) is 7.41. The Morgan fingerprint density at radius 3 is 2.07 bits per heavy atom. The SMILES string of the molecule is CN(C)c1ccc(Cc2ccc(N(C)C)cc2/C=C/c2cccc(Br)c2)c(I)c1. The number of anilines is 2. The molecular formula is C25H26BrIN2. The van der Waals surface area contributed by atoms with Crippen molar-refractivity contribution < 1.29 is 0 Å². The van der Waals surface area contributed by atoms with Crippen LogP contribution in [0.15, 0.2) is 65.1 Å². The van der Waals surface area contributed by atoms with Crippen molar-refractivity contribution in [1.29, 1.82) is 0 Å². The van der Waals surface area contributed by atoms with E-state index in [2.05, 4.69) is 149 Å². The van der Waals surface area contributed by atoms with Crippen LogP contribution in [0.1, 0.15) is 22.3 Å². The number of benzene rings is 3. The van der Waals surface area contributed by atoms with Crippen molar-refractivity contribution in [2.24, 2.45) is 0 Å². The Balaban J connectivity index is 1.96. The van der Waals surface area contributed by atoms with Crippen LogP contribution in [0.3, 0.4) is 0 Å². The first kappa shape index (κ1) is 21.9. The Bertz CT molecular complexity index is 1030. The van der Waals surface area contributed by atoms with Gasteiger partial charge < -0.3 is 9.80 Å². The van der Waals surface area contributed by atoms with E-state index in [0.717, 1.165) is 10.9 Å². The summed E-state index contributed by atoms with van der Waals surface area (Å²) in [5.41, 5.74) is 7.56. The molecule has 3 aromatic carbocycles. The monoisotopic (exact) mass is 560 g/mol. The van der Waals surface area contributed by atoms with Gasteiger partial charge in [0.05, 0.1) is 0 Å². The summed E-state index contributed by atoms with van der Waals surface area (Å²) in [6.45, 7) is 0. The van der Waals surface area contributed by atoms with E-state index >= 15 is 0 Å². The summed E-state index contributed by atoms with van der Waals surface area (Å²) in [5.74, 6) is 0. The smallest absolute Gasteiger partial charge is 0.0371 e. The van der Waals surface area contributed by atoms with Crippen LogP contribution in [0.2, 0.25) is 0 Å². The molecule has 0 bridgehead atoms. The molecule has 0 saturated heterocycles. The highest BCUT2D eigenvalue weighted by Crippen LogP contribution is 2.27. The van der Waals surface area contributed by atoms with Crippen molar-refractivity contribution in [2.45, 2.75) is 6.42 Å². The molecule has 4 heteroatoms. The molecule has 0 spiro atoms. The number of hydrogen-bond acceptors (Lipinski definition) is 2. The number of hydrogen-bond donors (Lipinski definition) is 0. The summed E-state index contributed by atoms with van der Waals surface area (Å²) in [4.78, 5) is 4.29. The molecule has 0 aromatic heterocycles. The van der Waals surface area contributed by atoms with E-state index in [0.29, 0.717) is 0 Å². The minimum absolute atomic E-state index is 0.915. The van der Waals surface area contributed by atoms with E-state index in [-0.39, 0.29) is 0 Å². The van der Waals surface area contributed by atoms with E-state index in [1.165, 1.54) is 37.2 Å². The van der Waals surface area contributed by atoms with Gasteiger partial charge in [-0.1, -0.05) is 52.3 Å². The van der Waals surface area contributed by atoms with Gasteiger partial charge in [0.2, 0.25) is 0 Å².